The maximum atomic E-state index is 13.6. The largest absolute Gasteiger partial charge is 0.468 e. The van der Waals surface area contributed by atoms with Gasteiger partial charge in [-0.15, -0.1) is 11.3 Å². The van der Waals surface area contributed by atoms with Crippen LogP contribution in [0.5, 0.6) is 0 Å². The predicted octanol–water partition coefficient (Wildman–Crippen LogP) is 4.83. The Morgan fingerprint density at radius 3 is 2.74 bits per heavy atom. The molecule has 4 rings (SSSR count). The molecule has 0 aliphatic heterocycles. The molecular formula is C19H22N2O4S2. The van der Waals surface area contributed by atoms with E-state index in [1.165, 1.54) is 11.3 Å². The second kappa shape index (κ2) is 7.61. The van der Waals surface area contributed by atoms with Crippen LogP contribution in [-0.2, 0) is 16.6 Å². The molecule has 3 heterocycles. The summed E-state index contributed by atoms with van der Waals surface area (Å²) < 4.78 is 39.5. The minimum Gasteiger partial charge on any atom is -0.468 e. The van der Waals surface area contributed by atoms with Crippen LogP contribution in [0.15, 0.2) is 50.6 Å². The van der Waals surface area contributed by atoms with Crippen molar-refractivity contribution in [3.8, 4) is 10.6 Å². The molecule has 1 fully saturated rings. The van der Waals surface area contributed by atoms with Crippen LogP contribution >= 0.6 is 11.3 Å². The van der Waals surface area contributed by atoms with E-state index in [0.717, 1.165) is 41.9 Å². The van der Waals surface area contributed by atoms with Gasteiger partial charge in [0.05, 0.1) is 28.8 Å². The number of hydrogen-bond acceptors (Lipinski definition) is 6. The van der Waals surface area contributed by atoms with E-state index in [9.17, 15) is 8.42 Å². The van der Waals surface area contributed by atoms with Gasteiger partial charge >= 0.3 is 0 Å². The monoisotopic (exact) mass is 406 g/mol. The highest BCUT2D eigenvalue weighted by Crippen LogP contribution is 2.37. The number of furan rings is 1. The van der Waals surface area contributed by atoms with Crippen molar-refractivity contribution in [1.29, 1.82) is 0 Å². The van der Waals surface area contributed by atoms with E-state index >= 15 is 0 Å². The molecular weight excluding hydrogens is 384 g/mol. The van der Waals surface area contributed by atoms with Crippen LogP contribution in [0, 0.1) is 6.92 Å². The molecule has 144 valence electrons. The van der Waals surface area contributed by atoms with Gasteiger partial charge in [-0.1, -0.05) is 24.4 Å². The fourth-order valence-electron chi connectivity index (χ4n) is 3.65. The van der Waals surface area contributed by atoms with Crippen molar-refractivity contribution in [3.05, 3.63) is 47.4 Å². The zero-order valence-electron chi connectivity index (χ0n) is 15.1. The Bertz CT molecular complexity index is 969. The minimum absolute atomic E-state index is 0.00174. The number of hydrogen-bond donors (Lipinski definition) is 0. The highest BCUT2D eigenvalue weighted by atomic mass is 32.2. The van der Waals surface area contributed by atoms with E-state index in [1.807, 2.05) is 13.0 Å². The zero-order chi connectivity index (χ0) is 18.9. The summed E-state index contributed by atoms with van der Waals surface area (Å²) in [6, 6.07) is 7.06. The molecule has 0 spiro atoms. The van der Waals surface area contributed by atoms with E-state index in [0.29, 0.717) is 16.4 Å². The average Bonchev–Trinajstić information content (AvgIpc) is 3.41. The first-order chi connectivity index (χ1) is 13.1. The van der Waals surface area contributed by atoms with Gasteiger partial charge in [0.25, 0.3) is 0 Å². The van der Waals surface area contributed by atoms with Crippen LogP contribution in [0.1, 0.15) is 42.7 Å². The van der Waals surface area contributed by atoms with Crippen LogP contribution in [0.4, 0.5) is 0 Å². The Labute approximate surface area is 162 Å². The normalized spacial score (nSPS) is 16.2. The molecule has 27 heavy (non-hydrogen) atoms. The third kappa shape index (κ3) is 3.74. The summed E-state index contributed by atoms with van der Waals surface area (Å²) in [5, 5.41) is 3.72. The van der Waals surface area contributed by atoms with Gasteiger partial charge < -0.3 is 8.94 Å². The number of aryl methyl sites for hydroxylation is 1. The fourth-order valence-corrected chi connectivity index (χ4v) is 6.82. The Balaban J connectivity index is 1.71. The van der Waals surface area contributed by atoms with Crippen LogP contribution in [0.3, 0.4) is 0 Å². The van der Waals surface area contributed by atoms with Crippen LogP contribution in [0.2, 0.25) is 0 Å². The summed E-state index contributed by atoms with van der Waals surface area (Å²) in [7, 11) is -3.66. The van der Waals surface area contributed by atoms with Gasteiger partial charge in [0.15, 0.2) is 5.76 Å². The highest BCUT2D eigenvalue weighted by Gasteiger charge is 2.35. The van der Waals surface area contributed by atoms with Crippen molar-refractivity contribution in [2.24, 2.45) is 0 Å². The van der Waals surface area contributed by atoms with Gasteiger partial charge in [-0.25, -0.2) is 8.42 Å². The quantitative estimate of drug-likeness (QED) is 0.586. The first kappa shape index (κ1) is 18.5. The molecule has 1 aliphatic carbocycles. The minimum atomic E-state index is -3.66. The molecule has 0 aromatic carbocycles. The fraction of sp³-hybridized carbons (Fsp3) is 0.421. The third-order valence-corrected chi connectivity index (χ3v) is 8.23. The molecule has 0 atom stereocenters. The maximum Gasteiger partial charge on any atom is 0.244 e. The van der Waals surface area contributed by atoms with Gasteiger partial charge in [0.2, 0.25) is 10.0 Å². The number of sulfonamides is 1. The van der Waals surface area contributed by atoms with Gasteiger partial charge in [0.1, 0.15) is 5.76 Å². The molecule has 0 bridgehead atoms. The van der Waals surface area contributed by atoms with Gasteiger partial charge in [0, 0.05) is 17.0 Å². The highest BCUT2D eigenvalue weighted by molar-refractivity contribution is 7.89. The number of rotatable bonds is 6. The summed E-state index contributed by atoms with van der Waals surface area (Å²) in [6.07, 6.45) is 8.19. The molecule has 1 saturated carbocycles. The first-order valence-corrected chi connectivity index (χ1v) is 11.4. The summed E-state index contributed by atoms with van der Waals surface area (Å²) in [4.78, 5) is 1.86. The molecule has 0 saturated heterocycles. The topological polar surface area (TPSA) is 76.6 Å². The Morgan fingerprint density at radius 2 is 2.07 bits per heavy atom. The lowest BCUT2D eigenvalue weighted by Crippen LogP contribution is -2.40. The predicted molar refractivity (Wildman–Crippen MR) is 103 cm³/mol. The average molecular weight is 407 g/mol. The third-order valence-electron chi connectivity index (χ3n) is 5.01. The Morgan fingerprint density at radius 1 is 1.26 bits per heavy atom. The second-order valence-electron chi connectivity index (χ2n) is 6.83. The molecule has 0 N–H and O–H groups in total. The summed E-state index contributed by atoms with van der Waals surface area (Å²) in [6.45, 7) is 2.09. The number of nitrogens with zero attached hydrogens (tertiary/aromatic N) is 2. The van der Waals surface area contributed by atoms with E-state index in [-0.39, 0.29) is 12.6 Å². The van der Waals surface area contributed by atoms with Crippen LogP contribution < -0.4 is 0 Å². The van der Waals surface area contributed by atoms with Gasteiger partial charge in [-0.2, -0.15) is 4.31 Å². The van der Waals surface area contributed by atoms with Crippen molar-refractivity contribution in [2.75, 3.05) is 0 Å². The maximum absolute atomic E-state index is 13.6. The van der Waals surface area contributed by atoms with Crippen molar-refractivity contribution in [2.45, 2.75) is 56.5 Å². The smallest absolute Gasteiger partial charge is 0.244 e. The Hall–Kier alpha value is -1.90. The van der Waals surface area contributed by atoms with Crippen molar-refractivity contribution < 1.29 is 17.4 Å². The molecule has 3 aromatic rings. The first-order valence-electron chi connectivity index (χ1n) is 9.11. The van der Waals surface area contributed by atoms with E-state index < -0.39 is 10.0 Å². The van der Waals surface area contributed by atoms with Gasteiger partial charge in [-0.05, 0) is 38.0 Å². The lowest BCUT2D eigenvalue weighted by molar-refractivity contribution is 0.234. The standard InChI is InChI=1S/C19H22N2O4S2/c1-14-19(12-18(26-14)17-9-10-20-25-17)27(22,23)21(13-16-8-5-11-24-16)15-6-3-2-4-7-15/h5,8-12,15H,2-4,6-7,13H2,1H3. The zero-order valence-corrected chi connectivity index (χ0v) is 16.8. The molecule has 0 unspecified atom stereocenters. The van der Waals surface area contributed by atoms with E-state index in [4.69, 9.17) is 8.94 Å². The van der Waals surface area contributed by atoms with Crippen molar-refractivity contribution in [3.63, 3.8) is 0 Å². The summed E-state index contributed by atoms with van der Waals surface area (Å²) in [5.74, 6) is 1.24. The van der Waals surface area contributed by atoms with Crippen LogP contribution in [-0.4, -0.2) is 23.9 Å². The molecule has 0 radical (unpaired) electrons. The molecule has 1 aliphatic rings. The number of thiophene rings is 1. The number of aromatic nitrogens is 1. The lowest BCUT2D eigenvalue weighted by Gasteiger charge is -2.32. The molecule has 6 nitrogen and oxygen atoms in total. The van der Waals surface area contributed by atoms with Gasteiger partial charge in [-0.3, -0.25) is 0 Å². The SMILES string of the molecule is Cc1sc(-c2ccno2)cc1S(=O)(=O)N(Cc1ccco1)C1CCCCC1. The van der Waals surface area contributed by atoms with Crippen molar-refractivity contribution in [1.82, 2.24) is 9.46 Å². The van der Waals surface area contributed by atoms with E-state index in [2.05, 4.69) is 5.16 Å². The molecule has 0 amide bonds. The van der Waals surface area contributed by atoms with E-state index in [1.54, 1.807) is 35.0 Å². The lowest BCUT2D eigenvalue weighted by atomic mass is 9.95. The van der Waals surface area contributed by atoms with Crippen LogP contribution in [0.25, 0.3) is 10.6 Å². The molecule has 8 heteroatoms. The Kier molecular flexibility index (Phi) is 5.21. The summed E-state index contributed by atoms with van der Waals surface area (Å²) >= 11 is 1.41. The van der Waals surface area contributed by atoms with Crippen molar-refractivity contribution >= 4 is 21.4 Å². The summed E-state index contributed by atoms with van der Waals surface area (Å²) in [5.41, 5.74) is 0. The second-order valence-corrected chi connectivity index (χ2v) is 9.94. The molecule has 3 aromatic heterocycles.